The zero-order chi connectivity index (χ0) is 13.0. The van der Waals surface area contributed by atoms with Gasteiger partial charge < -0.3 is 10.4 Å². The zero-order valence-corrected chi connectivity index (χ0v) is 10.8. The van der Waals surface area contributed by atoms with Crippen molar-refractivity contribution in [3.8, 4) is 6.07 Å². The number of hydrogen-bond acceptors (Lipinski definition) is 3. The second kappa shape index (κ2) is 5.88. The number of anilines is 1. The molecule has 0 amide bonds. The van der Waals surface area contributed by atoms with E-state index in [1.54, 1.807) is 0 Å². The molecule has 0 heterocycles. The van der Waals surface area contributed by atoms with Crippen LogP contribution in [-0.2, 0) is 0 Å². The van der Waals surface area contributed by atoms with E-state index >= 15 is 0 Å². The Hall–Kier alpha value is -1.53. The van der Waals surface area contributed by atoms with Crippen LogP contribution in [0.3, 0.4) is 0 Å². The number of aliphatic hydroxyl groups excluding tert-OH is 1. The van der Waals surface area contributed by atoms with Gasteiger partial charge in [0.05, 0.1) is 11.3 Å². The Bertz CT molecular complexity index is 450. The molecule has 1 aromatic rings. The van der Waals surface area contributed by atoms with Crippen molar-refractivity contribution in [3.63, 3.8) is 0 Å². The summed E-state index contributed by atoms with van der Waals surface area (Å²) in [4.78, 5) is 0. The molecule has 1 fully saturated rings. The maximum absolute atomic E-state index is 9.30. The van der Waals surface area contributed by atoms with Gasteiger partial charge in [0.15, 0.2) is 0 Å². The van der Waals surface area contributed by atoms with Crippen LogP contribution in [0.2, 0.25) is 0 Å². The molecule has 3 nitrogen and oxygen atoms in total. The van der Waals surface area contributed by atoms with Gasteiger partial charge in [-0.3, -0.25) is 0 Å². The largest absolute Gasteiger partial charge is 0.396 e. The lowest BCUT2D eigenvalue weighted by Gasteiger charge is -2.19. The maximum Gasteiger partial charge on any atom is 0.101 e. The van der Waals surface area contributed by atoms with Gasteiger partial charge >= 0.3 is 0 Å². The average Bonchev–Trinajstić information content (AvgIpc) is 2.84. The summed E-state index contributed by atoms with van der Waals surface area (Å²) in [5.41, 5.74) is 2.77. The topological polar surface area (TPSA) is 56.0 Å². The molecule has 96 valence electrons. The first-order valence-electron chi connectivity index (χ1n) is 6.60. The summed E-state index contributed by atoms with van der Waals surface area (Å²) in [5, 5.41) is 21.7. The molecule has 0 radical (unpaired) electrons. The number of nitriles is 1. The van der Waals surface area contributed by atoms with Crippen LogP contribution in [0.4, 0.5) is 5.69 Å². The lowest BCUT2D eigenvalue weighted by molar-refractivity contribution is 0.199. The smallest absolute Gasteiger partial charge is 0.101 e. The Morgan fingerprint density at radius 3 is 2.89 bits per heavy atom. The van der Waals surface area contributed by atoms with E-state index < -0.39 is 0 Å². The first kappa shape index (κ1) is 12.9. The van der Waals surface area contributed by atoms with Gasteiger partial charge in [-0.2, -0.15) is 5.26 Å². The van der Waals surface area contributed by atoms with E-state index in [4.69, 9.17) is 5.26 Å². The van der Waals surface area contributed by atoms with Gasteiger partial charge in [-0.05, 0) is 49.3 Å². The predicted molar refractivity (Wildman–Crippen MR) is 72.3 cm³/mol. The fraction of sp³-hybridized carbons (Fsp3) is 0.533. The third-order valence-electron chi connectivity index (χ3n) is 3.90. The summed E-state index contributed by atoms with van der Waals surface area (Å²) in [6.45, 7) is 3.16. The number of nitrogens with one attached hydrogen (secondary N) is 1. The Morgan fingerprint density at radius 2 is 2.17 bits per heavy atom. The molecular weight excluding hydrogens is 224 g/mol. The fourth-order valence-electron chi connectivity index (χ4n) is 2.77. The second-order valence-electron chi connectivity index (χ2n) is 5.18. The van der Waals surface area contributed by atoms with Gasteiger partial charge in [0, 0.05) is 13.2 Å². The second-order valence-corrected chi connectivity index (χ2v) is 5.18. The molecule has 1 aromatic carbocycles. The highest BCUT2D eigenvalue weighted by molar-refractivity contribution is 5.58. The number of benzene rings is 1. The van der Waals surface area contributed by atoms with Crippen molar-refractivity contribution in [1.29, 1.82) is 5.26 Å². The van der Waals surface area contributed by atoms with Crippen LogP contribution in [0.15, 0.2) is 18.2 Å². The van der Waals surface area contributed by atoms with Gasteiger partial charge in [-0.1, -0.05) is 12.5 Å². The van der Waals surface area contributed by atoms with Crippen molar-refractivity contribution in [3.05, 3.63) is 29.3 Å². The first-order chi connectivity index (χ1) is 8.74. The molecule has 1 aliphatic rings. The van der Waals surface area contributed by atoms with E-state index in [-0.39, 0.29) is 6.61 Å². The van der Waals surface area contributed by atoms with Crippen LogP contribution in [0.25, 0.3) is 0 Å². The summed E-state index contributed by atoms with van der Waals surface area (Å²) >= 11 is 0. The van der Waals surface area contributed by atoms with E-state index in [0.717, 1.165) is 24.2 Å². The van der Waals surface area contributed by atoms with Crippen LogP contribution in [0.1, 0.15) is 30.4 Å². The van der Waals surface area contributed by atoms with Crippen LogP contribution >= 0.6 is 0 Å². The Labute approximate surface area is 108 Å². The molecule has 18 heavy (non-hydrogen) atoms. The highest BCUT2D eigenvalue weighted by Gasteiger charge is 2.26. The van der Waals surface area contributed by atoms with Gasteiger partial charge in [0.25, 0.3) is 0 Å². The number of aliphatic hydroxyl groups is 1. The lowest BCUT2D eigenvalue weighted by Crippen LogP contribution is -2.21. The first-order valence-corrected chi connectivity index (χ1v) is 6.60. The minimum absolute atomic E-state index is 0.283. The summed E-state index contributed by atoms with van der Waals surface area (Å²) in [5.74, 6) is 0.954. The quantitative estimate of drug-likeness (QED) is 0.856. The minimum Gasteiger partial charge on any atom is -0.396 e. The van der Waals surface area contributed by atoms with Crippen molar-refractivity contribution in [1.82, 2.24) is 0 Å². The molecule has 0 aromatic heterocycles. The van der Waals surface area contributed by atoms with Crippen molar-refractivity contribution in [2.24, 2.45) is 11.8 Å². The Balaban J connectivity index is 2.02. The summed E-state index contributed by atoms with van der Waals surface area (Å²) in [6, 6.07) is 8.04. The average molecular weight is 244 g/mol. The highest BCUT2D eigenvalue weighted by Crippen LogP contribution is 2.31. The Kier molecular flexibility index (Phi) is 4.22. The molecule has 1 aliphatic carbocycles. The number of hydrogen-bond donors (Lipinski definition) is 2. The van der Waals surface area contributed by atoms with E-state index in [1.807, 2.05) is 25.1 Å². The summed E-state index contributed by atoms with van der Waals surface area (Å²) < 4.78 is 0. The summed E-state index contributed by atoms with van der Waals surface area (Å²) in [7, 11) is 0. The molecule has 2 atom stereocenters. The number of rotatable bonds is 4. The van der Waals surface area contributed by atoms with Crippen LogP contribution in [-0.4, -0.2) is 18.3 Å². The van der Waals surface area contributed by atoms with Crippen molar-refractivity contribution < 1.29 is 5.11 Å². The molecule has 2 unspecified atom stereocenters. The molecule has 0 spiro atoms. The van der Waals surface area contributed by atoms with Crippen LogP contribution in [0.5, 0.6) is 0 Å². The van der Waals surface area contributed by atoms with Crippen LogP contribution in [0, 0.1) is 30.1 Å². The van der Waals surface area contributed by atoms with Gasteiger partial charge in [0.2, 0.25) is 0 Å². The SMILES string of the molecule is Cc1ccc(C#N)c(NCC2CCCC2CO)c1. The van der Waals surface area contributed by atoms with Crippen molar-refractivity contribution >= 4 is 5.69 Å². The molecule has 0 aliphatic heterocycles. The molecule has 0 bridgehead atoms. The molecular formula is C15H20N2O. The normalized spacial score (nSPS) is 22.7. The summed E-state index contributed by atoms with van der Waals surface area (Å²) in [6.07, 6.45) is 3.50. The van der Waals surface area contributed by atoms with E-state index in [1.165, 1.54) is 12.8 Å². The third-order valence-corrected chi connectivity index (χ3v) is 3.90. The maximum atomic E-state index is 9.30. The van der Waals surface area contributed by atoms with Gasteiger partial charge in [-0.15, -0.1) is 0 Å². The van der Waals surface area contributed by atoms with E-state index in [2.05, 4.69) is 11.4 Å². The predicted octanol–water partition coefficient (Wildman–Crippen LogP) is 2.69. The lowest BCUT2D eigenvalue weighted by atomic mass is 9.96. The van der Waals surface area contributed by atoms with Crippen LogP contribution < -0.4 is 5.32 Å². The molecule has 0 saturated heterocycles. The highest BCUT2D eigenvalue weighted by atomic mass is 16.3. The zero-order valence-electron chi connectivity index (χ0n) is 10.8. The molecule has 2 N–H and O–H groups in total. The Morgan fingerprint density at radius 1 is 1.39 bits per heavy atom. The monoisotopic (exact) mass is 244 g/mol. The standard InChI is InChI=1S/C15H20N2O/c1-11-5-6-12(8-16)15(7-11)17-9-13-3-2-4-14(13)10-18/h5-7,13-14,17-18H,2-4,9-10H2,1H3. The van der Waals surface area contributed by atoms with E-state index in [0.29, 0.717) is 17.4 Å². The van der Waals surface area contributed by atoms with Crippen molar-refractivity contribution in [2.75, 3.05) is 18.5 Å². The van der Waals surface area contributed by atoms with Gasteiger partial charge in [0.1, 0.15) is 6.07 Å². The molecule has 3 heteroatoms. The minimum atomic E-state index is 0.283. The van der Waals surface area contributed by atoms with Gasteiger partial charge in [-0.25, -0.2) is 0 Å². The number of nitrogens with zero attached hydrogens (tertiary/aromatic N) is 1. The molecule has 2 rings (SSSR count). The third kappa shape index (κ3) is 2.83. The number of aryl methyl sites for hydroxylation is 1. The molecule has 1 saturated carbocycles. The fourth-order valence-corrected chi connectivity index (χ4v) is 2.77. The van der Waals surface area contributed by atoms with E-state index in [9.17, 15) is 5.11 Å². The van der Waals surface area contributed by atoms with Crippen molar-refractivity contribution in [2.45, 2.75) is 26.2 Å².